The number of hydrogen-bond donors (Lipinski definition) is 3. The predicted octanol–water partition coefficient (Wildman–Crippen LogP) is -0.670. The van der Waals surface area contributed by atoms with Crippen molar-refractivity contribution in [3.05, 3.63) is 0 Å². The Morgan fingerprint density at radius 1 is 1.33 bits per heavy atom. The second kappa shape index (κ2) is 7.02. The molecule has 1 aliphatic rings. The number of hydrazine groups is 1. The Hall–Kier alpha value is -2.16. The first-order valence-corrected chi connectivity index (χ1v) is 7.03. The third-order valence-corrected chi connectivity index (χ3v) is 3.42. The lowest BCUT2D eigenvalue weighted by Crippen LogP contribution is -2.29. The molecule has 1 aliphatic heterocycles. The average molecular weight is 294 g/mol. The molecule has 9 heteroatoms. The van der Waals surface area contributed by atoms with Gasteiger partial charge in [0.2, 0.25) is 23.8 Å². The van der Waals surface area contributed by atoms with E-state index in [0.717, 1.165) is 25.9 Å². The number of nitrogens with one attached hydrogen (secondary N) is 2. The summed E-state index contributed by atoms with van der Waals surface area (Å²) in [6, 6.07) is 0. The molecule has 1 aromatic heterocycles. The van der Waals surface area contributed by atoms with Gasteiger partial charge in [0, 0.05) is 40.2 Å². The molecule has 0 bridgehead atoms. The highest BCUT2D eigenvalue weighted by Gasteiger charge is 2.18. The highest BCUT2D eigenvalue weighted by Crippen LogP contribution is 2.19. The molecule has 0 atom stereocenters. The van der Waals surface area contributed by atoms with Crippen LogP contribution in [0.4, 0.5) is 17.8 Å². The summed E-state index contributed by atoms with van der Waals surface area (Å²) in [6.07, 6.45) is 2.65. The van der Waals surface area contributed by atoms with Gasteiger partial charge in [0.15, 0.2) is 0 Å². The van der Waals surface area contributed by atoms with E-state index >= 15 is 0 Å². The van der Waals surface area contributed by atoms with Crippen molar-refractivity contribution in [1.29, 1.82) is 0 Å². The van der Waals surface area contributed by atoms with Crippen LogP contribution in [-0.2, 0) is 4.79 Å². The highest BCUT2D eigenvalue weighted by atomic mass is 16.1. The van der Waals surface area contributed by atoms with Crippen LogP contribution in [-0.4, -0.2) is 54.6 Å². The second-order valence-corrected chi connectivity index (χ2v) is 4.94. The SMILES string of the molecule is CNC(=O)CCN(C)c1nc(NN)nc(N2CCCC2)n1. The fourth-order valence-electron chi connectivity index (χ4n) is 2.14. The molecule has 0 radical (unpaired) electrons. The number of aromatic nitrogens is 3. The summed E-state index contributed by atoms with van der Waals surface area (Å²) in [7, 11) is 3.46. The summed E-state index contributed by atoms with van der Waals surface area (Å²) in [5.41, 5.74) is 2.47. The van der Waals surface area contributed by atoms with Crippen molar-refractivity contribution in [3.63, 3.8) is 0 Å². The van der Waals surface area contributed by atoms with Crippen molar-refractivity contribution < 1.29 is 4.79 Å². The first kappa shape index (κ1) is 15.2. The molecule has 0 saturated carbocycles. The second-order valence-electron chi connectivity index (χ2n) is 4.94. The third kappa shape index (κ3) is 3.91. The maximum Gasteiger partial charge on any atom is 0.243 e. The van der Waals surface area contributed by atoms with Crippen LogP contribution >= 0.6 is 0 Å². The van der Waals surface area contributed by atoms with Gasteiger partial charge >= 0.3 is 0 Å². The molecule has 21 heavy (non-hydrogen) atoms. The molecule has 0 aliphatic carbocycles. The maximum absolute atomic E-state index is 11.3. The van der Waals surface area contributed by atoms with Gasteiger partial charge in [-0.25, -0.2) is 5.84 Å². The standard InChI is InChI=1S/C12H22N8O/c1-14-9(21)5-8-19(2)11-15-10(18-13)16-12(17-11)20-6-3-4-7-20/h3-8,13H2,1-2H3,(H,14,21)(H,15,16,17,18). The van der Waals surface area contributed by atoms with E-state index in [-0.39, 0.29) is 5.91 Å². The Labute approximate surface area is 123 Å². The third-order valence-electron chi connectivity index (χ3n) is 3.42. The number of amides is 1. The molecule has 4 N–H and O–H groups in total. The Balaban J connectivity index is 2.13. The van der Waals surface area contributed by atoms with Crippen LogP contribution in [0.2, 0.25) is 0 Å². The number of carbonyl (C=O) groups excluding carboxylic acids is 1. The van der Waals surface area contributed by atoms with Crippen LogP contribution in [0, 0.1) is 0 Å². The molecular weight excluding hydrogens is 272 g/mol. The quantitative estimate of drug-likeness (QED) is 0.468. The minimum atomic E-state index is -0.0205. The zero-order valence-electron chi connectivity index (χ0n) is 12.5. The van der Waals surface area contributed by atoms with E-state index in [2.05, 4.69) is 30.6 Å². The molecule has 1 aromatic rings. The van der Waals surface area contributed by atoms with Crippen molar-refractivity contribution in [1.82, 2.24) is 20.3 Å². The Bertz CT molecular complexity index is 488. The van der Waals surface area contributed by atoms with Gasteiger partial charge in [-0.05, 0) is 12.8 Å². The Morgan fingerprint density at radius 3 is 2.67 bits per heavy atom. The van der Waals surface area contributed by atoms with Crippen LogP contribution in [0.25, 0.3) is 0 Å². The van der Waals surface area contributed by atoms with E-state index in [1.165, 1.54) is 0 Å². The summed E-state index contributed by atoms with van der Waals surface area (Å²) >= 11 is 0. The van der Waals surface area contributed by atoms with Gasteiger partial charge in [-0.15, -0.1) is 0 Å². The van der Waals surface area contributed by atoms with Crippen LogP contribution < -0.4 is 26.4 Å². The minimum Gasteiger partial charge on any atom is -0.359 e. The summed E-state index contributed by atoms with van der Waals surface area (Å²) in [6.45, 7) is 2.40. The van der Waals surface area contributed by atoms with E-state index in [0.29, 0.717) is 30.8 Å². The lowest BCUT2D eigenvalue weighted by atomic mass is 10.4. The predicted molar refractivity (Wildman–Crippen MR) is 81.0 cm³/mol. The first-order chi connectivity index (χ1) is 10.1. The number of hydrogen-bond acceptors (Lipinski definition) is 8. The van der Waals surface area contributed by atoms with E-state index < -0.39 is 0 Å². The van der Waals surface area contributed by atoms with Crippen LogP contribution in [0.15, 0.2) is 0 Å². The van der Waals surface area contributed by atoms with E-state index in [1.807, 2.05) is 11.9 Å². The fraction of sp³-hybridized carbons (Fsp3) is 0.667. The topological polar surface area (TPSA) is 112 Å². The maximum atomic E-state index is 11.3. The van der Waals surface area contributed by atoms with E-state index in [1.54, 1.807) is 7.05 Å². The fourth-order valence-corrected chi connectivity index (χ4v) is 2.14. The number of anilines is 3. The molecule has 116 valence electrons. The number of carbonyl (C=O) groups is 1. The highest BCUT2D eigenvalue weighted by molar-refractivity contribution is 5.76. The van der Waals surface area contributed by atoms with Crippen molar-refractivity contribution in [3.8, 4) is 0 Å². The number of nitrogen functional groups attached to an aromatic ring is 1. The molecule has 0 spiro atoms. The van der Waals surface area contributed by atoms with Crippen molar-refractivity contribution in [2.75, 3.05) is 49.0 Å². The zero-order valence-corrected chi connectivity index (χ0v) is 12.5. The molecule has 1 saturated heterocycles. The summed E-state index contributed by atoms with van der Waals surface area (Å²) in [5, 5.41) is 2.59. The van der Waals surface area contributed by atoms with Gasteiger partial charge < -0.3 is 15.1 Å². The van der Waals surface area contributed by atoms with Gasteiger partial charge in [0.25, 0.3) is 0 Å². The minimum absolute atomic E-state index is 0.0205. The van der Waals surface area contributed by atoms with Crippen LogP contribution in [0.3, 0.4) is 0 Å². The van der Waals surface area contributed by atoms with Crippen LogP contribution in [0.5, 0.6) is 0 Å². The molecule has 9 nitrogen and oxygen atoms in total. The lowest BCUT2D eigenvalue weighted by Gasteiger charge is -2.20. The number of nitrogens with two attached hydrogens (primary N) is 1. The molecule has 1 amide bonds. The molecule has 0 unspecified atom stereocenters. The Morgan fingerprint density at radius 2 is 2.05 bits per heavy atom. The molecule has 2 rings (SSSR count). The number of nitrogens with zero attached hydrogens (tertiary/aromatic N) is 5. The summed E-state index contributed by atoms with van der Waals surface area (Å²) in [4.78, 5) is 28.2. The lowest BCUT2D eigenvalue weighted by molar-refractivity contribution is -0.120. The zero-order chi connectivity index (χ0) is 15.2. The summed E-state index contributed by atoms with van der Waals surface area (Å²) < 4.78 is 0. The van der Waals surface area contributed by atoms with Gasteiger partial charge in [-0.2, -0.15) is 15.0 Å². The van der Waals surface area contributed by atoms with E-state index in [9.17, 15) is 4.79 Å². The first-order valence-electron chi connectivity index (χ1n) is 7.03. The molecule has 1 fully saturated rings. The molecule has 0 aromatic carbocycles. The smallest absolute Gasteiger partial charge is 0.243 e. The van der Waals surface area contributed by atoms with E-state index in [4.69, 9.17) is 5.84 Å². The monoisotopic (exact) mass is 294 g/mol. The van der Waals surface area contributed by atoms with Crippen LogP contribution in [0.1, 0.15) is 19.3 Å². The largest absolute Gasteiger partial charge is 0.359 e. The van der Waals surface area contributed by atoms with Gasteiger partial charge in [0.05, 0.1) is 0 Å². The van der Waals surface area contributed by atoms with Crippen molar-refractivity contribution >= 4 is 23.8 Å². The van der Waals surface area contributed by atoms with Gasteiger partial charge in [-0.1, -0.05) is 0 Å². The van der Waals surface area contributed by atoms with Gasteiger partial charge in [-0.3, -0.25) is 10.2 Å². The van der Waals surface area contributed by atoms with Crippen molar-refractivity contribution in [2.24, 2.45) is 5.84 Å². The molecule has 2 heterocycles. The Kier molecular flexibility index (Phi) is 5.09. The average Bonchev–Trinajstić information content (AvgIpc) is 3.06. The number of rotatable bonds is 6. The van der Waals surface area contributed by atoms with Crippen molar-refractivity contribution in [2.45, 2.75) is 19.3 Å². The summed E-state index contributed by atoms with van der Waals surface area (Å²) in [5.74, 6) is 6.86. The normalized spacial score (nSPS) is 14.1. The molecular formula is C12H22N8O. The van der Waals surface area contributed by atoms with Gasteiger partial charge in [0.1, 0.15) is 0 Å².